The van der Waals surface area contributed by atoms with Gasteiger partial charge in [-0.2, -0.15) is 0 Å². The van der Waals surface area contributed by atoms with Gasteiger partial charge in [0.2, 0.25) is 0 Å². The Balaban J connectivity index is 1.95. The average Bonchev–Trinajstić information content (AvgIpc) is 2.53. The average molecular weight is 333 g/mol. The van der Waals surface area contributed by atoms with Gasteiger partial charge in [-0.1, -0.05) is 0 Å². The number of ether oxygens (including phenoxy) is 1. The van der Waals surface area contributed by atoms with E-state index >= 15 is 0 Å². The van der Waals surface area contributed by atoms with Gasteiger partial charge < -0.3 is 15.2 Å². The predicted octanol–water partition coefficient (Wildman–Crippen LogP) is 2.97. The van der Waals surface area contributed by atoms with Crippen LogP contribution in [0.25, 0.3) is 0 Å². The molecular formula is C18H17F2NO3. The van der Waals surface area contributed by atoms with Gasteiger partial charge in [0.25, 0.3) is 5.91 Å². The van der Waals surface area contributed by atoms with Crippen LogP contribution < -0.4 is 10.1 Å². The zero-order chi connectivity index (χ0) is 17.5. The zero-order valence-corrected chi connectivity index (χ0v) is 13.2. The van der Waals surface area contributed by atoms with Gasteiger partial charge in [-0.3, -0.25) is 4.79 Å². The van der Waals surface area contributed by atoms with E-state index in [0.717, 1.165) is 0 Å². The summed E-state index contributed by atoms with van der Waals surface area (Å²) >= 11 is 0. The minimum atomic E-state index is -1.09. The molecule has 0 unspecified atom stereocenters. The van der Waals surface area contributed by atoms with Crippen LogP contribution in [-0.2, 0) is 0 Å². The molecule has 0 saturated carbocycles. The first-order valence-corrected chi connectivity index (χ1v) is 7.51. The van der Waals surface area contributed by atoms with Gasteiger partial charge in [-0.05, 0) is 56.3 Å². The van der Waals surface area contributed by atoms with Crippen molar-refractivity contribution in [2.24, 2.45) is 0 Å². The highest BCUT2D eigenvalue weighted by atomic mass is 19.1. The number of aliphatic hydroxyl groups excluding tert-OH is 1. The molecule has 1 aliphatic rings. The molecule has 1 amide bonds. The molecule has 126 valence electrons. The molecule has 1 heterocycles. The number of benzene rings is 2. The monoisotopic (exact) mass is 333 g/mol. The third kappa shape index (κ3) is 2.97. The first-order chi connectivity index (χ1) is 11.3. The van der Waals surface area contributed by atoms with E-state index in [-0.39, 0.29) is 5.56 Å². The maximum atomic E-state index is 13.6. The molecule has 0 saturated heterocycles. The number of carbonyl (C=O) groups is 1. The smallest absolute Gasteiger partial charge is 0.251 e. The second kappa shape index (κ2) is 5.87. The Kier molecular flexibility index (Phi) is 4.01. The van der Waals surface area contributed by atoms with Crippen LogP contribution in [0.15, 0.2) is 42.5 Å². The summed E-state index contributed by atoms with van der Waals surface area (Å²) in [5.74, 6) is -1.04. The molecular weight excluding hydrogens is 316 g/mol. The van der Waals surface area contributed by atoms with Crippen LogP contribution in [0.5, 0.6) is 5.75 Å². The van der Waals surface area contributed by atoms with Gasteiger partial charge in [0.15, 0.2) is 0 Å². The van der Waals surface area contributed by atoms with Crippen molar-refractivity contribution in [1.29, 1.82) is 0 Å². The van der Waals surface area contributed by atoms with Gasteiger partial charge in [-0.25, -0.2) is 8.78 Å². The van der Waals surface area contributed by atoms with Crippen molar-refractivity contribution in [2.45, 2.75) is 31.6 Å². The van der Waals surface area contributed by atoms with Crippen molar-refractivity contribution in [1.82, 2.24) is 5.32 Å². The van der Waals surface area contributed by atoms with Crippen LogP contribution in [0.4, 0.5) is 8.78 Å². The minimum absolute atomic E-state index is 0.242. The van der Waals surface area contributed by atoms with Gasteiger partial charge >= 0.3 is 0 Å². The molecule has 0 spiro atoms. The second-order valence-corrected chi connectivity index (χ2v) is 6.29. The Morgan fingerprint density at radius 1 is 1.12 bits per heavy atom. The summed E-state index contributed by atoms with van der Waals surface area (Å²) < 4.78 is 32.3. The van der Waals surface area contributed by atoms with Gasteiger partial charge in [0.1, 0.15) is 29.1 Å². The third-order valence-electron chi connectivity index (χ3n) is 4.10. The molecule has 1 aliphatic heterocycles. The number of hydrogen-bond donors (Lipinski definition) is 2. The SMILES string of the molecule is CC1(C)Oc2ccc(F)cc2[C@H](NC(=O)c2ccc(F)cc2)[C@H]1O. The fourth-order valence-corrected chi connectivity index (χ4v) is 2.75. The van der Waals surface area contributed by atoms with Crippen molar-refractivity contribution in [3.05, 3.63) is 65.2 Å². The molecule has 24 heavy (non-hydrogen) atoms. The van der Waals surface area contributed by atoms with Gasteiger partial charge in [0, 0.05) is 11.1 Å². The topological polar surface area (TPSA) is 58.6 Å². The van der Waals surface area contributed by atoms with Gasteiger partial charge in [-0.15, -0.1) is 0 Å². The number of amides is 1. The maximum Gasteiger partial charge on any atom is 0.251 e. The van der Waals surface area contributed by atoms with Crippen molar-refractivity contribution in [3.8, 4) is 5.75 Å². The number of halogens is 2. The van der Waals surface area contributed by atoms with Crippen molar-refractivity contribution >= 4 is 5.91 Å². The lowest BCUT2D eigenvalue weighted by Gasteiger charge is -2.42. The lowest BCUT2D eigenvalue weighted by molar-refractivity contribution is -0.0629. The molecule has 6 heteroatoms. The maximum absolute atomic E-state index is 13.6. The zero-order valence-electron chi connectivity index (χ0n) is 13.2. The summed E-state index contributed by atoms with van der Waals surface area (Å²) in [4.78, 5) is 12.4. The summed E-state index contributed by atoms with van der Waals surface area (Å²) in [6.07, 6.45) is -1.09. The Labute approximate surface area is 138 Å². The molecule has 0 bridgehead atoms. The number of aliphatic hydroxyl groups is 1. The first-order valence-electron chi connectivity index (χ1n) is 7.51. The highest BCUT2D eigenvalue weighted by Crippen LogP contribution is 2.40. The molecule has 0 aliphatic carbocycles. The largest absolute Gasteiger partial charge is 0.485 e. The molecule has 0 radical (unpaired) electrons. The highest BCUT2D eigenvalue weighted by Gasteiger charge is 2.43. The first kappa shape index (κ1) is 16.4. The number of fused-ring (bicyclic) bond motifs is 1. The highest BCUT2D eigenvalue weighted by molar-refractivity contribution is 5.94. The molecule has 2 atom stereocenters. The Morgan fingerprint density at radius 2 is 1.75 bits per heavy atom. The number of carbonyl (C=O) groups excluding carboxylic acids is 1. The van der Waals surface area contributed by atoms with E-state index in [4.69, 9.17) is 4.74 Å². The molecule has 2 aromatic carbocycles. The van der Waals surface area contributed by atoms with Crippen molar-refractivity contribution < 1.29 is 23.4 Å². The van der Waals surface area contributed by atoms with Crippen LogP contribution in [-0.4, -0.2) is 22.7 Å². The lowest BCUT2D eigenvalue weighted by Crippen LogP contribution is -2.53. The normalized spacial score (nSPS) is 21.5. The third-order valence-corrected chi connectivity index (χ3v) is 4.10. The summed E-state index contributed by atoms with van der Waals surface area (Å²) in [7, 11) is 0. The molecule has 2 N–H and O–H groups in total. The molecule has 0 aromatic heterocycles. The summed E-state index contributed by atoms with van der Waals surface area (Å²) in [5, 5.41) is 13.2. The van der Waals surface area contributed by atoms with Crippen molar-refractivity contribution in [3.63, 3.8) is 0 Å². The fourth-order valence-electron chi connectivity index (χ4n) is 2.75. The number of nitrogens with one attached hydrogen (secondary N) is 1. The van der Waals surface area contributed by atoms with Crippen LogP contribution >= 0.6 is 0 Å². The second-order valence-electron chi connectivity index (χ2n) is 6.29. The van der Waals surface area contributed by atoms with Crippen LogP contribution in [0.1, 0.15) is 35.8 Å². The number of rotatable bonds is 2. The van der Waals surface area contributed by atoms with E-state index in [2.05, 4.69) is 5.32 Å². The van der Waals surface area contributed by atoms with Crippen LogP contribution in [0, 0.1) is 11.6 Å². The Hall–Kier alpha value is -2.47. The van der Waals surface area contributed by atoms with E-state index < -0.39 is 35.3 Å². The minimum Gasteiger partial charge on any atom is -0.485 e. The number of hydrogen-bond acceptors (Lipinski definition) is 3. The Morgan fingerprint density at radius 3 is 2.42 bits per heavy atom. The predicted molar refractivity (Wildman–Crippen MR) is 83.7 cm³/mol. The summed E-state index contributed by atoms with van der Waals surface area (Å²) in [5.41, 5.74) is -0.367. The van der Waals surface area contributed by atoms with E-state index in [1.54, 1.807) is 13.8 Å². The van der Waals surface area contributed by atoms with E-state index in [9.17, 15) is 18.7 Å². The van der Waals surface area contributed by atoms with Gasteiger partial charge in [0.05, 0.1) is 6.04 Å². The molecule has 4 nitrogen and oxygen atoms in total. The summed E-state index contributed by atoms with van der Waals surface area (Å²) in [6.45, 7) is 3.36. The van der Waals surface area contributed by atoms with E-state index in [1.165, 1.54) is 42.5 Å². The molecule has 3 rings (SSSR count). The lowest BCUT2D eigenvalue weighted by atomic mass is 9.86. The fraction of sp³-hybridized carbons (Fsp3) is 0.278. The van der Waals surface area contributed by atoms with E-state index in [1.807, 2.05) is 0 Å². The van der Waals surface area contributed by atoms with Crippen molar-refractivity contribution in [2.75, 3.05) is 0 Å². The van der Waals surface area contributed by atoms with E-state index in [0.29, 0.717) is 11.3 Å². The molecule has 2 aromatic rings. The molecule has 0 fully saturated rings. The quantitative estimate of drug-likeness (QED) is 0.888. The van der Waals surface area contributed by atoms with Crippen LogP contribution in [0.2, 0.25) is 0 Å². The standard InChI is InChI=1S/C18H17F2NO3/c1-18(2)16(22)15(13-9-12(20)7-8-14(13)24-18)21-17(23)10-3-5-11(19)6-4-10/h3-9,15-16,22H,1-2H3,(H,21,23)/t15-,16+/m0/s1. The Bertz CT molecular complexity index is 774. The summed E-state index contributed by atoms with van der Waals surface area (Å²) in [6, 6.07) is 8.13. The van der Waals surface area contributed by atoms with Crippen LogP contribution in [0.3, 0.4) is 0 Å².